The molecule has 8 nitrogen and oxygen atoms in total. The Balaban J connectivity index is 2.82. The molecule has 0 fully saturated rings. The lowest BCUT2D eigenvalue weighted by molar-refractivity contribution is -0.385. The summed E-state index contributed by atoms with van der Waals surface area (Å²) < 4.78 is 0. The quantitative estimate of drug-likeness (QED) is 0.485. The van der Waals surface area contributed by atoms with Crippen molar-refractivity contribution < 1.29 is 19.6 Å². The van der Waals surface area contributed by atoms with Crippen LogP contribution in [0.4, 0.5) is 5.69 Å². The third-order valence-electron chi connectivity index (χ3n) is 2.44. The van der Waals surface area contributed by atoms with Crippen LogP contribution in [0, 0.1) is 10.1 Å². The van der Waals surface area contributed by atoms with E-state index in [1.54, 1.807) is 0 Å². The van der Waals surface area contributed by atoms with Crippen LogP contribution in [0.3, 0.4) is 0 Å². The first-order valence-electron chi connectivity index (χ1n) is 5.46. The maximum absolute atomic E-state index is 11.0. The zero-order valence-electron chi connectivity index (χ0n) is 10.3. The summed E-state index contributed by atoms with van der Waals surface area (Å²) in [6.45, 7) is 0. The van der Waals surface area contributed by atoms with Crippen LogP contribution >= 0.6 is 11.8 Å². The van der Waals surface area contributed by atoms with Gasteiger partial charge in [-0.1, -0.05) is 6.07 Å². The Morgan fingerprint density at radius 2 is 2.10 bits per heavy atom. The number of carbonyl (C=O) groups excluding carboxylic acids is 1. The number of nitro benzene ring substituents is 1. The molecule has 0 aliphatic rings. The van der Waals surface area contributed by atoms with Crippen molar-refractivity contribution in [3.63, 3.8) is 0 Å². The van der Waals surface area contributed by atoms with E-state index >= 15 is 0 Å². The molecule has 0 aromatic heterocycles. The number of carboxylic acids is 1. The molecular weight excluding hydrogens is 286 g/mol. The van der Waals surface area contributed by atoms with Gasteiger partial charge in [-0.2, -0.15) is 11.8 Å². The summed E-state index contributed by atoms with van der Waals surface area (Å²) >= 11 is 1.16. The van der Waals surface area contributed by atoms with Crippen LogP contribution < -0.4 is 11.5 Å². The summed E-state index contributed by atoms with van der Waals surface area (Å²) in [5.74, 6) is -1.53. The second-order valence-corrected chi connectivity index (χ2v) is 4.95. The van der Waals surface area contributed by atoms with Gasteiger partial charge in [-0.05, 0) is 6.07 Å². The molecule has 0 saturated heterocycles. The zero-order chi connectivity index (χ0) is 15.3. The molecule has 0 bridgehead atoms. The fourth-order valence-corrected chi connectivity index (χ4v) is 2.35. The third kappa shape index (κ3) is 4.21. The number of nitrogens with two attached hydrogens (primary N) is 2. The summed E-state index contributed by atoms with van der Waals surface area (Å²) in [5.41, 5.74) is 10.6. The Kier molecular flexibility index (Phi) is 5.47. The second-order valence-electron chi connectivity index (χ2n) is 3.92. The molecule has 0 aliphatic heterocycles. The smallest absolute Gasteiger partial charge is 0.321 e. The molecule has 1 amide bonds. The number of nitro groups is 1. The number of nitrogens with zero attached hydrogens (tertiary/aromatic N) is 1. The lowest BCUT2D eigenvalue weighted by Gasteiger charge is -2.07. The molecular formula is C11H13N3O5S. The molecule has 1 aromatic carbocycles. The van der Waals surface area contributed by atoms with Crippen molar-refractivity contribution in [1.82, 2.24) is 0 Å². The maximum Gasteiger partial charge on any atom is 0.321 e. The van der Waals surface area contributed by atoms with Crippen molar-refractivity contribution >= 4 is 29.3 Å². The lowest BCUT2D eigenvalue weighted by Crippen LogP contribution is -2.32. The molecule has 5 N–H and O–H groups in total. The highest BCUT2D eigenvalue weighted by molar-refractivity contribution is 7.98. The second kappa shape index (κ2) is 6.87. The number of thioether (sulfide) groups is 1. The van der Waals surface area contributed by atoms with Gasteiger partial charge < -0.3 is 16.6 Å². The van der Waals surface area contributed by atoms with E-state index in [9.17, 15) is 19.7 Å². The molecule has 0 saturated carbocycles. The number of amides is 1. The number of hydrogen-bond donors (Lipinski definition) is 3. The molecule has 9 heteroatoms. The standard InChI is InChI=1S/C11H13N3O5S/c12-8(11(16)17)5-20-4-7-2-1-6(10(13)15)3-9(7)14(18)19/h1-3,8H,4-5,12H2,(H2,13,15)(H,16,17)/t8-/m0/s1. The van der Waals surface area contributed by atoms with Crippen molar-refractivity contribution in [3.05, 3.63) is 39.4 Å². The van der Waals surface area contributed by atoms with Gasteiger partial charge in [-0.3, -0.25) is 19.7 Å². The molecule has 108 valence electrons. The van der Waals surface area contributed by atoms with E-state index in [1.807, 2.05) is 0 Å². The molecule has 1 aromatic rings. The van der Waals surface area contributed by atoms with Gasteiger partial charge in [0, 0.05) is 28.7 Å². The highest BCUT2D eigenvalue weighted by Gasteiger charge is 2.17. The first-order chi connectivity index (χ1) is 9.32. The number of hydrogen-bond acceptors (Lipinski definition) is 6. The van der Waals surface area contributed by atoms with E-state index in [0.29, 0.717) is 5.56 Å². The summed E-state index contributed by atoms with van der Waals surface area (Å²) in [7, 11) is 0. The monoisotopic (exact) mass is 299 g/mol. The van der Waals surface area contributed by atoms with Crippen molar-refractivity contribution in [2.24, 2.45) is 11.5 Å². The van der Waals surface area contributed by atoms with E-state index in [0.717, 1.165) is 17.8 Å². The highest BCUT2D eigenvalue weighted by Crippen LogP contribution is 2.24. The van der Waals surface area contributed by atoms with Crippen LogP contribution in [0.25, 0.3) is 0 Å². The Bertz CT molecular complexity index is 549. The molecule has 20 heavy (non-hydrogen) atoms. The lowest BCUT2D eigenvalue weighted by atomic mass is 10.1. The molecule has 1 rings (SSSR count). The Labute approximate surface area is 118 Å². The Morgan fingerprint density at radius 1 is 1.45 bits per heavy atom. The highest BCUT2D eigenvalue weighted by atomic mass is 32.2. The van der Waals surface area contributed by atoms with Gasteiger partial charge in [0.25, 0.3) is 5.69 Å². The summed E-state index contributed by atoms with van der Waals surface area (Å²) in [6, 6.07) is 2.90. The Morgan fingerprint density at radius 3 is 2.60 bits per heavy atom. The summed E-state index contributed by atoms with van der Waals surface area (Å²) in [5, 5.41) is 19.5. The van der Waals surface area contributed by atoms with Crippen molar-refractivity contribution in [3.8, 4) is 0 Å². The summed E-state index contributed by atoms with van der Waals surface area (Å²) in [4.78, 5) is 31.8. The number of rotatable bonds is 7. The van der Waals surface area contributed by atoms with Gasteiger partial charge in [0.05, 0.1) is 4.92 Å². The normalized spacial score (nSPS) is 11.8. The van der Waals surface area contributed by atoms with Crippen LogP contribution in [0.2, 0.25) is 0 Å². The minimum absolute atomic E-state index is 0.0488. The van der Waals surface area contributed by atoms with Crippen LogP contribution in [-0.4, -0.2) is 33.7 Å². The minimum atomic E-state index is -1.13. The topological polar surface area (TPSA) is 150 Å². The van der Waals surface area contributed by atoms with E-state index in [2.05, 4.69) is 0 Å². The van der Waals surface area contributed by atoms with Crippen molar-refractivity contribution in [2.75, 3.05) is 5.75 Å². The molecule has 0 aliphatic carbocycles. The third-order valence-corrected chi connectivity index (χ3v) is 3.55. The first-order valence-corrected chi connectivity index (χ1v) is 6.61. The van der Waals surface area contributed by atoms with Crippen molar-refractivity contribution in [1.29, 1.82) is 0 Å². The fourth-order valence-electron chi connectivity index (χ4n) is 1.38. The largest absolute Gasteiger partial charge is 0.480 e. The summed E-state index contributed by atoms with van der Waals surface area (Å²) in [6.07, 6.45) is 0. The van der Waals surface area contributed by atoms with Gasteiger partial charge in [0.2, 0.25) is 5.91 Å². The average Bonchev–Trinajstić information content (AvgIpc) is 2.38. The number of aliphatic carboxylic acids is 1. The van der Waals surface area contributed by atoms with Gasteiger partial charge in [0.15, 0.2) is 0 Å². The maximum atomic E-state index is 11.0. The van der Waals surface area contributed by atoms with Gasteiger partial charge in [-0.25, -0.2) is 0 Å². The van der Waals surface area contributed by atoms with E-state index in [1.165, 1.54) is 12.1 Å². The Hall–Kier alpha value is -2.13. The van der Waals surface area contributed by atoms with Crippen LogP contribution in [0.15, 0.2) is 18.2 Å². The predicted octanol–water partition coefficient (Wildman–Crippen LogP) is 0.339. The molecule has 1 atom stereocenters. The molecule has 0 spiro atoms. The molecule has 0 heterocycles. The van der Waals surface area contributed by atoms with Crippen LogP contribution in [-0.2, 0) is 10.5 Å². The number of carboxylic acid groups (broad SMARTS) is 1. The average molecular weight is 299 g/mol. The number of benzene rings is 1. The van der Waals surface area contributed by atoms with Crippen molar-refractivity contribution in [2.45, 2.75) is 11.8 Å². The van der Waals surface area contributed by atoms with E-state index < -0.39 is 22.8 Å². The number of carbonyl (C=O) groups is 2. The minimum Gasteiger partial charge on any atom is -0.480 e. The van der Waals surface area contributed by atoms with Gasteiger partial charge in [-0.15, -0.1) is 0 Å². The van der Waals surface area contributed by atoms with Crippen LogP contribution in [0.1, 0.15) is 15.9 Å². The van der Waals surface area contributed by atoms with E-state index in [-0.39, 0.29) is 22.8 Å². The zero-order valence-corrected chi connectivity index (χ0v) is 11.1. The fraction of sp³-hybridized carbons (Fsp3) is 0.273. The predicted molar refractivity (Wildman–Crippen MR) is 73.4 cm³/mol. The van der Waals surface area contributed by atoms with E-state index in [4.69, 9.17) is 16.6 Å². The molecule has 0 radical (unpaired) electrons. The van der Waals surface area contributed by atoms with Gasteiger partial charge in [0.1, 0.15) is 6.04 Å². The number of primary amides is 1. The van der Waals surface area contributed by atoms with Crippen LogP contribution in [0.5, 0.6) is 0 Å². The van der Waals surface area contributed by atoms with Gasteiger partial charge >= 0.3 is 5.97 Å². The SMILES string of the molecule is NC(=O)c1ccc(CSC[C@H](N)C(=O)O)c([N+](=O)[O-])c1. The molecule has 0 unspecified atom stereocenters. The first kappa shape index (κ1) is 15.9.